The number of nitrogens with two attached hydrogens (primary N) is 1. The molecule has 2 rings (SSSR count). The molecule has 1 aromatic carbocycles. The van der Waals surface area contributed by atoms with Crippen LogP contribution in [0.2, 0.25) is 0 Å². The maximum atomic E-state index is 11.3. The van der Waals surface area contributed by atoms with Crippen LogP contribution in [0.4, 0.5) is 11.4 Å². The SMILES string of the molecule is COC(C)(C)CCOc1cc2c(cc1N)NC(=O)CC2. The van der Waals surface area contributed by atoms with Gasteiger partial charge in [-0.25, -0.2) is 0 Å². The molecule has 0 radical (unpaired) electrons. The normalized spacial score (nSPS) is 14.7. The number of benzene rings is 1. The molecule has 1 aliphatic heterocycles. The maximum absolute atomic E-state index is 11.3. The molecule has 1 heterocycles. The van der Waals surface area contributed by atoms with E-state index in [1.807, 2.05) is 19.9 Å². The van der Waals surface area contributed by atoms with Crippen LogP contribution in [0.3, 0.4) is 0 Å². The lowest BCUT2D eigenvalue weighted by Crippen LogP contribution is -2.25. The Bertz CT molecular complexity index is 512. The van der Waals surface area contributed by atoms with Crippen molar-refractivity contribution in [1.82, 2.24) is 0 Å². The second-order valence-corrected chi connectivity index (χ2v) is 5.66. The molecule has 1 aromatic rings. The van der Waals surface area contributed by atoms with E-state index < -0.39 is 0 Å². The lowest BCUT2D eigenvalue weighted by molar-refractivity contribution is -0.116. The number of aryl methyl sites for hydroxylation is 1. The molecule has 0 spiro atoms. The van der Waals surface area contributed by atoms with Crippen LogP contribution < -0.4 is 15.8 Å². The Hall–Kier alpha value is -1.75. The summed E-state index contributed by atoms with van der Waals surface area (Å²) in [5.41, 5.74) is 8.16. The molecule has 0 aliphatic carbocycles. The van der Waals surface area contributed by atoms with Gasteiger partial charge in [-0.05, 0) is 38.0 Å². The second-order valence-electron chi connectivity index (χ2n) is 5.66. The molecular weight excluding hydrogens is 256 g/mol. The Morgan fingerprint density at radius 2 is 2.10 bits per heavy atom. The molecule has 1 aliphatic rings. The van der Waals surface area contributed by atoms with Crippen LogP contribution in [0.5, 0.6) is 5.75 Å². The van der Waals surface area contributed by atoms with Gasteiger partial charge in [0.2, 0.25) is 5.91 Å². The molecule has 0 unspecified atom stereocenters. The first-order chi connectivity index (χ1) is 9.41. The van der Waals surface area contributed by atoms with Crippen LogP contribution >= 0.6 is 0 Å². The highest BCUT2D eigenvalue weighted by molar-refractivity contribution is 5.94. The summed E-state index contributed by atoms with van der Waals surface area (Å²) < 4.78 is 11.1. The van der Waals surface area contributed by atoms with E-state index in [1.165, 1.54) is 0 Å². The van der Waals surface area contributed by atoms with Crippen molar-refractivity contribution in [2.24, 2.45) is 0 Å². The quantitative estimate of drug-likeness (QED) is 0.811. The van der Waals surface area contributed by atoms with E-state index in [0.29, 0.717) is 24.5 Å². The number of hydrogen-bond donors (Lipinski definition) is 2. The van der Waals surface area contributed by atoms with Crippen LogP contribution in [0.25, 0.3) is 0 Å². The van der Waals surface area contributed by atoms with Gasteiger partial charge in [0, 0.05) is 25.6 Å². The Balaban J connectivity index is 2.04. The van der Waals surface area contributed by atoms with Gasteiger partial charge < -0.3 is 20.5 Å². The summed E-state index contributed by atoms with van der Waals surface area (Å²) in [6.07, 6.45) is 2.01. The molecule has 1 amide bonds. The fourth-order valence-electron chi connectivity index (χ4n) is 2.06. The monoisotopic (exact) mass is 278 g/mol. The van der Waals surface area contributed by atoms with Crippen LogP contribution in [0.15, 0.2) is 12.1 Å². The summed E-state index contributed by atoms with van der Waals surface area (Å²) in [6.45, 7) is 4.57. The summed E-state index contributed by atoms with van der Waals surface area (Å²) in [5.74, 6) is 0.708. The Morgan fingerprint density at radius 3 is 2.80 bits per heavy atom. The number of carbonyl (C=O) groups is 1. The van der Waals surface area contributed by atoms with Crippen LogP contribution in [-0.2, 0) is 16.0 Å². The first kappa shape index (κ1) is 14.7. The molecule has 0 atom stereocenters. The van der Waals surface area contributed by atoms with Crippen molar-refractivity contribution >= 4 is 17.3 Å². The van der Waals surface area contributed by atoms with E-state index in [2.05, 4.69) is 5.32 Å². The van der Waals surface area contributed by atoms with Crippen molar-refractivity contribution in [3.8, 4) is 5.75 Å². The second kappa shape index (κ2) is 5.71. The zero-order chi connectivity index (χ0) is 14.8. The third-order valence-electron chi connectivity index (χ3n) is 3.65. The highest BCUT2D eigenvalue weighted by atomic mass is 16.5. The number of fused-ring (bicyclic) bond motifs is 1. The molecule has 0 bridgehead atoms. The third-order valence-corrected chi connectivity index (χ3v) is 3.65. The van der Waals surface area contributed by atoms with Gasteiger partial charge in [-0.2, -0.15) is 0 Å². The highest BCUT2D eigenvalue weighted by Gasteiger charge is 2.19. The highest BCUT2D eigenvalue weighted by Crippen LogP contribution is 2.32. The van der Waals surface area contributed by atoms with Crippen molar-refractivity contribution in [2.45, 2.75) is 38.7 Å². The van der Waals surface area contributed by atoms with Crippen molar-refractivity contribution in [2.75, 3.05) is 24.8 Å². The van der Waals surface area contributed by atoms with Gasteiger partial charge in [0.25, 0.3) is 0 Å². The zero-order valence-electron chi connectivity index (χ0n) is 12.3. The summed E-state index contributed by atoms with van der Waals surface area (Å²) >= 11 is 0. The molecule has 0 saturated carbocycles. The summed E-state index contributed by atoms with van der Waals surface area (Å²) in [4.78, 5) is 11.3. The Kier molecular flexibility index (Phi) is 4.18. The predicted molar refractivity (Wildman–Crippen MR) is 79.0 cm³/mol. The minimum Gasteiger partial charge on any atom is -0.491 e. The minimum atomic E-state index is -0.211. The molecule has 20 heavy (non-hydrogen) atoms. The number of amides is 1. The number of ether oxygens (including phenoxy) is 2. The van der Waals surface area contributed by atoms with Gasteiger partial charge in [0.1, 0.15) is 5.75 Å². The lowest BCUT2D eigenvalue weighted by Gasteiger charge is -2.23. The van der Waals surface area contributed by atoms with Gasteiger partial charge >= 0.3 is 0 Å². The van der Waals surface area contributed by atoms with Gasteiger partial charge in [0.15, 0.2) is 0 Å². The maximum Gasteiger partial charge on any atom is 0.224 e. The number of hydrogen-bond acceptors (Lipinski definition) is 4. The first-order valence-corrected chi connectivity index (χ1v) is 6.81. The van der Waals surface area contributed by atoms with E-state index in [9.17, 15) is 4.79 Å². The largest absolute Gasteiger partial charge is 0.491 e. The standard InChI is InChI=1S/C15H22N2O3/c1-15(2,19-3)6-7-20-13-8-10-4-5-14(18)17-12(10)9-11(13)16/h8-9H,4-7,16H2,1-3H3,(H,17,18). The van der Waals surface area contributed by atoms with Gasteiger partial charge in [-0.3, -0.25) is 4.79 Å². The van der Waals surface area contributed by atoms with E-state index in [4.69, 9.17) is 15.2 Å². The number of methoxy groups -OCH3 is 1. The van der Waals surface area contributed by atoms with E-state index in [-0.39, 0.29) is 11.5 Å². The topological polar surface area (TPSA) is 73.6 Å². The minimum absolute atomic E-state index is 0.0346. The summed E-state index contributed by atoms with van der Waals surface area (Å²) in [6, 6.07) is 3.69. The van der Waals surface area contributed by atoms with Crippen LogP contribution in [0.1, 0.15) is 32.3 Å². The van der Waals surface area contributed by atoms with E-state index >= 15 is 0 Å². The Morgan fingerprint density at radius 1 is 1.35 bits per heavy atom. The molecule has 0 fully saturated rings. The average molecular weight is 278 g/mol. The molecule has 3 N–H and O–H groups in total. The van der Waals surface area contributed by atoms with Crippen LogP contribution in [0, 0.1) is 0 Å². The average Bonchev–Trinajstić information content (AvgIpc) is 2.39. The smallest absolute Gasteiger partial charge is 0.224 e. The number of nitrogens with one attached hydrogen (secondary N) is 1. The first-order valence-electron chi connectivity index (χ1n) is 6.81. The van der Waals surface area contributed by atoms with E-state index in [0.717, 1.165) is 24.1 Å². The van der Waals surface area contributed by atoms with Crippen molar-refractivity contribution in [3.05, 3.63) is 17.7 Å². The number of rotatable bonds is 5. The third kappa shape index (κ3) is 3.42. The Labute approximate surface area is 119 Å². The molecule has 5 heteroatoms. The fourth-order valence-corrected chi connectivity index (χ4v) is 2.06. The number of carbonyl (C=O) groups excluding carboxylic acids is 1. The molecule has 5 nitrogen and oxygen atoms in total. The van der Waals surface area contributed by atoms with Crippen molar-refractivity contribution < 1.29 is 14.3 Å². The fraction of sp³-hybridized carbons (Fsp3) is 0.533. The molecule has 110 valence electrons. The van der Waals surface area contributed by atoms with Gasteiger partial charge in [-0.1, -0.05) is 0 Å². The number of nitrogen functional groups attached to an aromatic ring is 1. The number of anilines is 2. The van der Waals surface area contributed by atoms with Crippen LogP contribution in [-0.4, -0.2) is 25.2 Å². The molecule has 0 saturated heterocycles. The predicted octanol–water partition coefficient (Wildman–Crippen LogP) is 2.35. The molecule has 0 aromatic heterocycles. The lowest BCUT2D eigenvalue weighted by atomic mass is 10.0. The van der Waals surface area contributed by atoms with Gasteiger partial charge in [0.05, 0.1) is 17.9 Å². The van der Waals surface area contributed by atoms with Gasteiger partial charge in [-0.15, -0.1) is 0 Å². The van der Waals surface area contributed by atoms with E-state index in [1.54, 1.807) is 13.2 Å². The molecular formula is C15H22N2O3. The van der Waals surface area contributed by atoms with Crippen molar-refractivity contribution in [3.63, 3.8) is 0 Å². The van der Waals surface area contributed by atoms with Crippen molar-refractivity contribution in [1.29, 1.82) is 0 Å². The zero-order valence-corrected chi connectivity index (χ0v) is 12.3. The summed E-state index contributed by atoms with van der Waals surface area (Å²) in [5, 5.41) is 2.82. The summed E-state index contributed by atoms with van der Waals surface area (Å²) in [7, 11) is 1.69.